The highest BCUT2D eigenvalue weighted by Gasteiger charge is 2.27. The maximum absolute atomic E-state index is 13.2. The van der Waals surface area contributed by atoms with E-state index in [1.165, 1.54) is 4.88 Å². The fraction of sp³-hybridized carbons (Fsp3) is 0.500. The molecule has 1 aromatic heterocycles. The average Bonchev–Trinajstić information content (AvgIpc) is 3.14. The topological polar surface area (TPSA) is 70.7 Å². The minimum absolute atomic E-state index is 0.0704. The molecular formula is C24H30ClN3O3S. The van der Waals surface area contributed by atoms with Crippen molar-refractivity contribution in [2.45, 2.75) is 51.6 Å². The standard InChI is InChI=1S/C24H30ClN3O3S/c1-2-31-18-11-13-28(14-12-18)15-21(29)27-24-22(19-5-3-4-6-20(19)32-24)23(30)26-17-9-7-16(25)8-10-17/h7-10,18H,2-6,11-15H2,1H3,(H,26,30)(H,27,29). The van der Waals surface area contributed by atoms with Gasteiger partial charge in [-0.15, -0.1) is 11.3 Å². The molecule has 0 saturated carbocycles. The molecule has 2 N–H and O–H groups in total. The van der Waals surface area contributed by atoms with E-state index in [0.717, 1.165) is 63.8 Å². The van der Waals surface area contributed by atoms with Crippen LogP contribution < -0.4 is 10.6 Å². The first-order valence-corrected chi connectivity index (χ1v) is 12.6. The molecule has 32 heavy (non-hydrogen) atoms. The molecule has 1 fully saturated rings. The van der Waals surface area contributed by atoms with Gasteiger partial charge in [-0.05, 0) is 75.3 Å². The summed E-state index contributed by atoms with van der Waals surface area (Å²) in [5.74, 6) is -0.251. The quantitative estimate of drug-likeness (QED) is 0.593. The van der Waals surface area contributed by atoms with E-state index in [1.807, 2.05) is 6.92 Å². The number of fused-ring (bicyclic) bond motifs is 1. The summed E-state index contributed by atoms with van der Waals surface area (Å²) in [5, 5.41) is 7.30. The summed E-state index contributed by atoms with van der Waals surface area (Å²) in [4.78, 5) is 29.4. The summed E-state index contributed by atoms with van der Waals surface area (Å²) in [6.07, 6.45) is 6.21. The highest BCUT2D eigenvalue weighted by molar-refractivity contribution is 7.17. The minimum Gasteiger partial charge on any atom is -0.378 e. The fourth-order valence-corrected chi connectivity index (χ4v) is 5.89. The Balaban J connectivity index is 1.45. The predicted molar refractivity (Wildman–Crippen MR) is 130 cm³/mol. The molecule has 172 valence electrons. The van der Waals surface area contributed by atoms with E-state index < -0.39 is 0 Å². The van der Waals surface area contributed by atoms with E-state index in [2.05, 4.69) is 15.5 Å². The molecule has 1 aromatic carbocycles. The molecule has 8 heteroatoms. The van der Waals surface area contributed by atoms with Crippen LogP contribution in [0.4, 0.5) is 10.7 Å². The number of ether oxygens (including phenoxy) is 1. The lowest BCUT2D eigenvalue weighted by Gasteiger charge is -2.31. The summed E-state index contributed by atoms with van der Waals surface area (Å²) in [6, 6.07) is 7.06. The predicted octanol–water partition coefficient (Wildman–Crippen LogP) is 4.97. The van der Waals surface area contributed by atoms with Crippen LogP contribution in [0, 0.1) is 0 Å². The number of hydrogen-bond donors (Lipinski definition) is 2. The summed E-state index contributed by atoms with van der Waals surface area (Å²) in [5.41, 5.74) is 2.38. The Morgan fingerprint density at radius 3 is 2.56 bits per heavy atom. The number of amides is 2. The number of halogens is 1. The third kappa shape index (κ3) is 5.70. The second-order valence-electron chi connectivity index (χ2n) is 8.36. The average molecular weight is 476 g/mol. The maximum atomic E-state index is 13.2. The summed E-state index contributed by atoms with van der Waals surface area (Å²) in [6.45, 7) is 4.78. The molecule has 0 bridgehead atoms. The molecule has 0 atom stereocenters. The van der Waals surface area contributed by atoms with Crippen molar-refractivity contribution in [2.75, 3.05) is 36.9 Å². The summed E-state index contributed by atoms with van der Waals surface area (Å²) < 4.78 is 5.70. The van der Waals surface area contributed by atoms with Gasteiger partial charge in [-0.3, -0.25) is 14.5 Å². The number of nitrogens with one attached hydrogen (secondary N) is 2. The van der Waals surface area contributed by atoms with Crippen LogP contribution in [0.25, 0.3) is 0 Å². The zero-order valence-corrected chi connectivity index (χ0v) is 20.0. The summed E-state index contributed by atoms with van der Waals surface area (Å²) in [7, 11) is 0. The van der Waals surface area contributed by atoms with Gasteiger partial charge in [0.1, 0.15) is 5.00 Å². The van der Waals surface area contributed by atoms with Crippen molar-refractivity contribution >= 4 is 45.4 Å². The molecule has 0 unspecified atom stereocenters. The lowest BCUT2D eigenvalue weighted by molar-refractivity contribution is -0.118. The smallest absolute Gasteiger partial charge is 0.258 e. The van der Waals surface area contributed by atoms with Crippen molar-refractivity contribution in [2.24, 2.45) is 0 Å². The van der Waals surface area contributed by atoms with Gasteiger partial charge in [-0.25, -0.2) is 0 Å². The second-order valence-corrected chi connectivity index (χ2v) is 9.90. The number of thiophene rings is 1. The lowest BCUT2D eigenvalue weighted by atomic mass is 9.95. The first kappa shape index (κ1) is 23.2. The Morgan fingerprint density at radius 1 is 1.12 bits per heavy atom. The number of likely N-dealkylation sites (tertiary alicyclic amines) is 1. The van der Waals surface area contributed by atoms with Gasteiger partial charge in [0, 0.05) is 35.3 Å². The third-order valence-corrected chi connectivity index (χ3v) is 7.52. The number of rotatable bonds is 7. The molecule has 2 amide bonds. The number of piperidine rings is 1. The van der Waals surface area contributed by atoms with E-state index in [9.17, 15) is 9.59 Å². The Hall–Kier alpha value is -1.93. The summed E-state index contributed by atoms with van der Waals surface area (Å²) >= 11 is 7.51. The van der Waals surface area contributed by atoms with Gasteiger partial charge >= 0.3 is 0 Å². The largest absolute Gasteiger partial charge is 0.378 e. The number of nitrogens with zero attached hydrogens (tertiary/aromatic N) is 1. The van der Waals surface area contributed by atoms with Gasteiger partial charge in [0.2, 0.25) is 5.91 Å². The van der Waals surface area contributed by atoms with Crippen molar-refractivity contribution in [3.8, 4) is 0 Å². The molecule has 2 heterocycles. The van der Waals surface area contributed by atoms with Crippen LogP contribution in [0.15, 0.2) is 24.3 Å². The molecule has 1 saturated heterocycles. The molecule has 4 rings (SSSR count). The van der Waals surface area contributed by atoms with Gasteiger partial charge in [0.15, 0.2) is 0 Å². The van der Waals surface area contributed by atoms with E-state index >= 15 is 0 Å². The number of aryl methyl sites for hydroxylation is 1. The van der Waals surface area contributed by atoms with Crippen LogP contribution in [0.3, 0.4) is 0 Å². The number of hydrogen-bond acceptors (Lipinski definition) is 5. The molecular weight excluding hydrogens is 446 g/mol. The van der Waals surface area contributed by atoms with Crippen molar-refractivity contribution < 1.29 is 14.3 Å². The first-order valence-electron chi connectivity index (χ1n) is 11.4. The van der Waals surface area contributed by atoms with Crippen molar-refractivity contribution in [3.05, 3.63) is 45.3 Å². The number of carbonyl (C=O) groups is 2. The Bertz CT molecular complexity index is 952. The van der Waals surface area contributed by atoms with Gasteiger partial charge in [0.25, 0.3) is 5.91 Å². The van der Waals surface area contributed by atoms with Crippen LogP contribution in [-0.4, -0.2) is 49.1 Å². The van der Waals surface area contributed by atoms with Crippen LogP contribution in [-0.2, 0) is 22.4 Å². The van der Waals surface area contributed by atoms with E-state index in [-0.39, 0.29) is 11.8 Å². The highest BCUT2D eigenvalue weighted by Crippen LogP contribution is 2.38. The molecule has 1 aliphatic carbocycles. The Labute approximate surface area is 198 Å². The second kappa shape index (κ2) is 10.8. The molecule has 0 radical (unpaired) electrons. The van der Waals surface area contributed by atoms with Crippen molar-refractivity contribution in [1.82, 2.24) is 4.90 Å². The van der Waals surface area contributed by atoms with Gasteiger partial charge in [0.05, 0.1) is 18.2 Å². The number of benzene rings is 1. The number of carbonyl (C=O) groups excluding carboxylic acids is 2. The van der Waals surface area contributed by atoms with Gasteiger partial charge < -0.3 is 15.4 Å². The zero-order chi connectivity index (χ0) is 22.5. The van der Waals surface area contributed by atoms with E-state index in [4.69, 9.17) is 16.3 Å². The Morgan fingerprint density at radius 2 is 1.84 bits per heavy atom. The SMILES string of the molecule is CCOC1CCN(CC(=O)Nc2sc3c(c2C(=O)Nc2ccc(Cl)cc2)CCCC3)CC1. The minimum atomic E-state index is -0.181. The van der Waals surface area contributed by atoms with Crippen molar-refractivity contribution in [3.63, 3.8) is 0 Å². The van der Waals surface area contributed by atoms with E-state index in [1.54, 1.807) is 35.6 Å². The lowest BCUT2D eigenvalue weighted by Crippen LogP contribution is -2.41. The molecule has 2 aromatic rings. The molecule has 2 aliphatic rings. The molecule has 0 spiro atoms. The van der Waals surface area contributed by atoms with Crippen LogP contribution in [0.1, 0.15) is 53.4 Å². The van der Waals surface area contributed by atoms with Crippen molar-refractivity contribution in [1.29, 1.82) is 0 Å². The zero-order valence-electron chi connectivity index (χ0n) is 18.4. The van der Waals surface area contributed by atoms with Gasteiger partial charge in [-0.1, -0.05) is 11.6 Å². The third-order valence-electron chi connectivity index (χ3n) is 6.06. The monoisotopic (exact) mass is 475 g/mol. The maximum Gasteiger partial charge on any atom is 0.258 e. The highest BCUT2D eigenvalue weighted by atomic mass is 35.5. The van der Waals surface area contributed by atoms with Gasteiger partial charge in [-0.2, -0.15) is 0 Å². The number of anilines is 2. The molecule has 1 aliphatic heterocycles. The van der Waals surface area contributed by atoms with Crippen LogP contribution in [0.2, 0.25) is 5.02 Å². The van der Waals surface area contributed by atoms with Crippen LogP contribution in [0.5, 0.6) is 0 Å². The first-order chi connectivity index (χ1) is 15.5. The molecule has 6 nitrogen and oxygen atoms in total. The fourth-order valence-electron chi connectivity index (χ4n) is 4.46. The van der Waals surface area contributed by atoms with Crippen LogP contribution >= 0.6 is 22.9 Å². The van der Waals surface area contributed by atoms with E-state index in [0.29, 0.717) is 33.9 Å². The normalized spacial score (nSPS) is 17.1. The Kier molecular flexibility index (Phi) is 7.84.